The Morgan fingerprint density at radius 2 is 1.22 bits per heavy atom. The van der Waals surface area contributed by atoms with Crippen LogP contribution in [0.25, 0.3) is 10.8 Å². The van der Waals surface area contributed by atoms with Gasteiger partial charge in [0.1, 0.15) is 33.5 Å². The van der Waals surface area contributed by atoms with E-state index in [-0.39, 0.29) is 16.3 Å². The summed E-state index contributed by atoms with van der Waals surface area (Å²) in [6, 6.07) is 26.8. The molecule has 0 aliphatic carbocycles. The summed E-state index contributed by atoms with van der Waals surface area (Å²) in [5.74, 6) is 0.442. The first-order chi connectivity index (χ1) is 25.4. The molecule has 0 unspecified atom stereocenters. The van der Waals surface area contributed by atoms with Gasteiger partial charge in [-0.15, -0.1) is 10.2 Å². The molecule has 0 spiro atoms. The molecular formula is C37H31N3O11S3. The number of aryl methyl sites for hydroxylation is 3. The van der Waals surface area contributed by atoms with Crippen LogP contribution in [0.4, 0.5) is 17.1 Å². The minimum atomic E-state index is -5.22. The first kappa shape index (κ1) is 37.9. The Labute approximate surface area is 310 Å². The van der Waals surface area contributed by atoms with Gasteiger partial charge in [0.25, 0.3) is 30.3 Å². The smallest absolute Gasteiger partial charge is 0.296 e. The minimum Gasteiger partial charge on any atom is -0.505 e. The molecule has 14 nitrogen and oxygen atoms in total. The van der Waals surface area contributed by atoms with E-state index in [1.807, 2.05) is 38.1 Å². The third kappa shape index (κ3) is 8.19. The number of ether oxygens (including phenoxy) is 2. The first-order valence-corrected chi connectivity index (χ1v) is 20.2. The average molecular weight is 790 g/mol. The van der Waals surface area contributed by atoms with Crippen molar-refractivity contribution in [1.82, 2.24) is 0 Å². The zero-order valence-corrected chi connectivity index (χ0v) is 31.1. The average Bonchev–Trinajstić information content (AvgIpc) is 3.09. The molecule has 0 saturated carbocycles. The van der Waals surface area contributed by atoms with Crippen LogP contribution < -0.4 is 14.2 Å². The Balaban J connectivity index is 1.53. The Hall–Kier alpha value is -5.85. The SMILES string of the molecule is Cc1ccc(S(=O)(=O)Nc2cc(S(=O)(=O)O)cc3cc(S(=O)(=O)O)c(N=Nc4ccc(Oc5ccccc5C)cc4Oc4ccccc4C)c(O)c23)cc1. The fraction of sp³-hybridized carbons (Fsp3) is 0.0811. The van der Waals surface area contributed by atoms with Crippen LogP contribution in [0.15, 0.2) is 134 Å². The van der Waals surface area contributed by atoms with Crippen LogP contribution in [-0.4, -0.2) is 39.5 Å². The second-order valence-corrected chi connectivity index (χ2v) is 16.6. The van der Waals surface area contributed by atoms with E-state index in [9.17, 15) is 39.5 Å². The Kier molecular flexibility index (Phi) is 10.2. The maximum atomic E-state index is 13.4. The van der Waals surface area contributed by atoms with Crippen LogP contribution in [-0.2, 0) is 30.3 Å². The lowest BCUT2D eigenvalue weighted by atomic mass is 10.1. The molecular weight excluding hydrogens is 759 g/mol. The number of para-hydroxylation sites is 2. The van der Waals surface area contributed by atoms with Crippen LogP contribution in [0.1, 0.15) is 16.7 Å². The summed E-state index contributed by atoms with van der Waals surface area (Å²) in [6.07, 6.45) is 0. The summed E-state index contributed by atoms with van der Waals surface area (Å²) in [5.41, 5.74) is 0.977. The number of hydrogen-bond donors (Lipinski definition) is 4. The Morgan fingerprint density at radius 1 is 0.611 bits per heavy atom. The van der Waals surface area contributed by atoms with E-state index in [1.165, 1.54) is 36.4 Å². The van der Waals surface area contributed by atoms with E-state index < -0.39 is 67.9 Å². The van der Waals surface area contributed by atoms with Gasteiger partial charge in [0.15, 0.2) is 11.5 Å². The molecule has 0 radical (unpaired) electrons. The van der Waals surface area contributed by atoms with Gasteiger partial charge < -0.3 is 14.6 Å². The van der Waals surface area contributed by atoms with Gasteiger partial charge >= 0.3 is 0 Å². The standard InChI is InChI=1S/C37H31N3O11S3/c1-22-12-15-27(16-13-22)52(42,43)40-30-21-28(53(44,45)46)18-25-19-34(54(47,48)49)36(37(41)35(25)30)39-38-29-17-14-26(50-31-10-6-4-8-23(31)2)20-33(29)51-32-11-7-5-9-24(32)3/h4-21,40-41H,1-3H3,(H,44,45,46)(H,47,48,49). The lowest BCUT2D eigenvalue weighted by Crippen LogP contribution is -2.14. The Bertz CT molecular complexity index is 2810. The molecule has 0 heterocycles. The number of fused-ring (bicyclic) bond motifs is 1. The summed E-state index contributed by atoms with van der Waals surface area (Å²) in [5, 5.41) is 18.9. The summed E-state index contributed by atoms with van der Waals surface area (Å²) < 4.78 is 111. The van der Waals surface area contributed by atoms with Crippen molar-refractivity contribution in [3.63, 3.8) is 0 Å². The van der Waals surface area contributed by atoms with Crippen LogP contribution in [0.3, 0.4) is 0 Å². The molecule has 0 fully saturated rings. The lowest BCUT2D eigenvalue weighted by molar-refractivity contribution is 0.457. The number of hydrogen-bond acceptors (Lipinski definition) is 11. The fourth-order valence-electron chi connectivity index (χ4n) is 5.32. The van der Waals surface area contributed by atoms with E-state index in [2.05, 4.69) is 15.0 Å². The van der Waals surface area contributed by atoms with Crippen molar-refractivity contribution in [2.24, 2.45) is 10.2 Å². The fourth-order valence-corrected chi connectivity index (χ4v) is 7.58. The maximum absolute atomic E-state index is 13.4. The number of nitrogens with zero attached hydrogens (tertiary/aromatic N) is 2. The highest BCUT2D eigenvalue weighted by Crippen LogP contribution is 2.47. The van der Waals surface area contributed by atoms with Crippen molar-refractivity contribution in [2.45, 2.75) is 35.5 Å². The molecule has 0 aliphatic rings. The predicted octanol–water partition coefficient (Wildman–Crippen LogP) is 8.76. The topological polar surface area (TPSA) is 218 Å². The molecule has 278 valence electrons. The van der Waals surface area contributed by atoms with E-state index in [0.29, 0.717) is 17.2 Å². The summed E-state index contributed by atoms with van der Waals surface area (Å²) in [4.78, 5) is -2.10. The van der Waals surface area contributed by atoms with E-state index in [0.717, 1.165) is 34.9 Å². The highest BCUT2D eigenvalue weighted by Gasteiger charge is 2.27. The number of anilines is 1. The molecule has 17 heteroatoms. The molecule has 0 amide bonds. The number of phenols is 1. The number of benzene rings is 6. The first-order valence-electron chi connectivity index (χ1n) is 15.8. The van der Waals surface area contributed by atoms with Gasteiger partial charge in [-0.3, -0.25) is 13.8 Å². The minimum absolute atomic E-state index is 0.0122. The van der Waals surface area contributed by atoms with Crippen LogP contribution in [0, 0.1) is 20.8 Å². The molecule has 6 aromatic carbocycles. The van der Waals surface area contributed by atoms with Crippen molar-refractivity contribution >= 4 is 58.1 Å². The highest BCUT2D eigenvalue weighted by molar-refractivity contribution is 7.92. The molecule has 0 saturated heterocycles. The van der Waals surface area contributed by atoms with E-state index in [1.54, 1.807) is 37.3 Å². The molecule has 0 atom stereocenters. The van der Waals surface area contributed by atoms with Gasteiger partial charge in [0.2, 0.25) is 0 Å². The van der Waals surface area contributed by atoms with Crippen LogP contribution in [0.2, 0.25) is 0 Å². The number of rotatable bonds is 11. The van der Waals surface area contributed by atoms with E-state index >= 15 is 0 Å². The number of phenolic OH excluding ortho intramolecular Hbond substituents is 1. The summed E-state index contributed by atoms with van der Waals surface area (Å²) >= 11 is 0. The largest absolute Gasteiger partial charge is 0.505 e. The number of nitrogens with one attached hydrogen (secondary N) is 1. The molecule has 0 bridgehead atoms. The number of aromatic hydroxyl groups is 1. The van der Waals surface area contributed by atoms with E-state index in [4.69, 9.17) is 9.47 Å². The van der Waals surface area contributed by atoms with Crippen molar-refractivity contribution < 1.29 is 48.9 Å². The summed E-state index contributed by atoms with van der Waals surface area (Å²) in [6.45, 7) is 5.42. The third-order valence-corrected chi connectivity index (χ3v) is 11.2. The van der Waals surface area contributed by atoms with Crippen molar-refractivity contribution in [3.8, 4) is 28.7 Å². The van der Waals surface area contributed by atoms with Gasteiger partial charge in [-0.25, -0.2) is 8.42 Å². The maximum Gasteiger partial charge on any atom is 0.296 e. The molecule has 54 heavy (non-hydrogen) atoms. The Morgan fingerprint density at radius 3 is 1.81 bits per heavy atom. The normalized spacial score (nSPS) is 12.2. The number of sulfonamides is 1. The summed E-state index contributed by atoms with van der Waals surface area (Å²) in [7, 11) is -14.7. The van der Waals surface area contributed by atoms with Gasteiger partial charge in [0, 0.05) is 6.07 Å². The van der Waals surface area contributed by atoms with Crippen molar-refractivity contribution in [3.05, 3.63) is 126 Å². The lowest BCUT2D eigenvalue weighted by Gasteiger charge is -2.16. The van der Waals surface area contributed by atoms with Crippen molar-refractivity contribution in [1.29, 1.82) is 0 Å². The quantitative estimate of drug-likeness (QED) is 0.0718. The van der Waals surface area contributed by atoms with Gasteiger partial charge in [-0.05, 0) is 91.9 Å². The zero-order valence-electron chi connectivity index (χ0n) is 28.6. The van der Waals surface area contributed by atoms with Gasteiger partial charge in [-0.2, -0.15) is 16.8 Å². The van der Waals surface area contributed by atoms with Crippen LogP contribution >= 0.6 is 0 Å². The molecule has 6 rings (SSSR count). The van der Waals surface area contributed by atoms with Gasteiger partial charge in [-0.1, -0.05) is 54.1 Å². The molecule has 6 aromatic rings. The van der Waals surface area contributed by atoms with Crippen LogP contribution in [0.5, 0.6) is 28.7 Å². The molecule has 4 N–H and O–H groups in total. The molecule has 0 aliphatic heterocycles. The monoisotopic (exact) mass is 789 g/mol. The molecule has 0 aromatic heterocycles. The highest BCUT2D eigenvalue weighted by atomic mass is 32.2. The van der Waals surface area contributed by atoms with Crippen molar-refractivity contribution in [2.75, 3.05) is 4.72 Å². The zero-order chi connectivity index (χ0) is 39.0. The second-order valence-electron chi connectivity index (χ2n) is 12.1. The predicted molar refractivity (Wildman–Crippen MR) is 200 cm³/mol. The second kappa shape index (κ2) is 14.5. The van der Waals surface area contributed by atoms with Gasteiger partial charge in [0.05, 0.1) is 20.9 Å². The number of azo groups is 1. The third-order valence-electron chi connectivity index (χ3n) is 8.10.